The van der Waals surface area contributed by atoms with Crippen LogP contribution in [0.1, 0.15) is 46.8 Å². The molecule has 1 aromatic carbocycles. The molecule has 0 saturated carbocycles. The molecule has 3 atom stereocenters. The maximum Gasteiger partial charge on any atom is 0.321 e. The van der Waals surface area contributed by atoms with E-state index in [1.54, 1.807) is 45.0 Å². The van der Waals surface area contributed by atoms with E-state index in [0.29, 0.717) is 29.2 Å². The van der Waals surface area contributed by atoms with Crippen molar-refractivity contribution in [2.24, 2.45) is 5.92 Å². The summed E-state index contributed by atoms with van der Waals surface area (Å²) in [5.74, 6) is 0.295. The number of nitrogens with zero attached hydrogens (tertiary/aromatic N) is 4. The summed E-state index contributed by atoms with van der Waals surface area (Å²) in [6, 6.07) is 10.8. The SMILES string of the molecule is Cc1noc(C)c1NC(=O)N(C)C[C@H]1Oc2ncc(/C=C/c3ccccc3)cc2C(=O)N([C@H](C)CO)C[C@@H]1C. The van der Waals surface area contributed by atoms with Crippen molar-refractivity contribution >= 4 is 29.8 Å². The van der Waals surface area contributed by atoms with Gasteiger partial charge in [-0.1, -0.05) is 54.6 Å². The first-order chi connectivity index (χ1) is 18.7. The molecule has 10 heteroatoms. The average Bonchev–Trinajstić information content (AvgIpc) is 3.25. The maximum absolute atomic E-state index is 13.6. The van der Waals surface area contributed by atoms with Gasteiger partial charge in [0.05, 0.1) is 19.2 Å². The second kappa shape index (κ2) is 12.1. The molecule has 1 aliphatic heterocycles. The fourth-order valence-corrected chi connectivity index (χ4v) is 4.40. The summed E-state index contributed by atoms with van der Waals surface area (Å²) >= 11 is 0. The van der Waals surface area contributed by atoms with Gasteiger partial charge in [-0.15, -0.1) is 0 Å². The smallest absolute Gasteiger partial charge is 0.321 e. The summed E-state index contributed by atoms with van der Waals surface area (Å²) in [6.45, 7) is 7.65. The Kier molecular flexibility index (Phi) is 8.65. The van der Waals surface area contributed by atoms with Gasteiger partial charge in [0, 0.05) is 25.7 Å². The van der Waals surface area contributed by atoms with Gasteiger partial charge in [-0.05, 0) is 38.0 Å². The number of hydrogen-bond donors (Lipinski definition) is 2. The van der Waals surface area contributed by atoms with Gasteiger partial charge >= 0.3 is 6.03 Å². The van der Waals surface area contributed by atoms with Gasteiger partial charge in [0.1, 0.15) is 23.0 Å². The highest BCUT2D eigenvalue weighted by atomic mass is 16.5. The Bertz CT molecular complexity index is 1320. The Morgan fingerprint density at radius 3 is 2.64 bits per heavy atom. The van der Waals surface area contributed by atoms with Gasteiger partial charge in [-0.2, -0.15) is 0 Å². The number of hydrogen-bond acceptors (Lipinski definition) is 7. The quantitative estimate of drug-likeness (QED) is 0.466. The molecule has 0 aliphatic carbocycles. The fraction of sp³-hybridized carbons (Fsp3) is 0.379. The number of amides is 3. The molecule has 2 aromatic heterocycles. The van der Waals surface area contributed by atoms with Crippen LogP contribution in [0.2, 0.25) is 0 Å². The van der Waals surface area contributed by atoms with E-state index >= 15 is 0 Å². The summed E-state index contributed by atoms with van der Waals surface area (Å²) in [5, 5.41) is 16.6. The van der Waals surface area contributed by atoms with E-state index in [1.807, 2.05) is 49.4 Å². The van der Waals surface area contributed by atoms with Crippen LogP contribution in [-0.4, -0.2) is 75.9 Å². The molecule has 0 radical (unpaired) electrons. The van der Waals surface area contributed by atoms with E-state index in [4.69, 9.17) is 9.26 Å². The molecule has 0 fully saturated rings. The Hall–Kier alpha value is -4.18. The van der Waals surface area contributed by atoms with Crippen molar-refractivity contribution in [1.82, 2.24) is 19.9 Å². The van der Waals surface area contributed by atoms with Crippen molar-refractivity contribution in [2.45, 2.75) is 39.8 Å². The van der Waals surface area contributed by atoms with Crippen molar-refractivity contribution in [3.8, 4) is 5.88 Å². The lowest BCUT2D eigenvalue weighted by atomic mass is 10.00. The average molecular weight is 534 g/mol. The van der Waals surface area contributed by atoms with Crippen LogP contribution < -0.4 is 10.1 Å². The largest absolute Gasteiger partial charge is 0.472 e. The number of likely N-dealkylation sites (N-methyl/N-ethyl adjacent to an activating group) is 1. The zero-order chi connectivity index (χ0) is 28.1. The van der Waals surface area contributed by atoms with Gasteiger partial charge in [-0.3, -0.25) is 4.79 Å². The molecule has 10 nitrogen and oxygen atoms in total. The van der Waals surface area contributed by atoms with Crippen molar-refractivity contribution in [3.05, 3.63) is 70.7 Å². The number of fused-ring (bicyclic) bond motifs is 1. The van der Waals surface area contributed by atoms with Crippen molar-refractivity contribution in [1.29, 1.82) is 0 Å². The monoisotopic (exact) mass is 533 g/mol. The first-order valence-electron chi connectivity index (χ1n) is 12.9. The van der Waals surface area contributed by atoms with Crippen LogP contribution in [0.4, 0.5) is 10.5 Å². The molecule has 1 aliphatic rings. The summed E-state index contributed by atoms with van der Waals surface area (Å²) in [4.78, 5) is 34.3. The van der Waals surface area contributed by atoms with E-state index < -0.39 is 12.1 Å². The molecule has 206 valence electrons. The topological polar surface area (TPSA) is 121 Å². The normalized spacial score (nSPS) is 18.2. The van der Waals surface area contributed by atoms with Crippen LogP contribution in [0.3, 0.4) is 0 Å². The number of carbonyl (C=O) groups excluding carboxylic acids is 2. The lowest BCUT2D eigenvalue weighted by Crippen LogP contribution is -2.50. The van der Waals surface area contributed by atoms with Gasteiger partial charge in [0.25, 0.3) is 5.91 Å². The molecule has 39 heavy (non-hydrogen) atoms. The van der Waals surface area contributed by atoms with Crippen molar-refractivity contribution in [2.75, 3.05) is 32.1 Å². The lowest BCUT2D eigenvalue weighted by Gasteiger charge is -2.37. The zero-order valence-corrected chi connectivity index (χ0v) is 22.9. The number of rotatable bonds is 7. The number of aliphatic hydroxyl groups excluding tert-OH is 1. The van der Waals surface area contributed by atoms with Gasteiger partial charge < -0.3 is 29.5 Å². The number of urea groups is 1. The Morgan fingerprint density at radius 1 is 1.26 bits per heavy atom. The van der Waals surface area contributed by atoms with Crippen molar-refractivity contribution in [3.63, 3.8) is 0 Å². The second-order valence-corrected chi connectivity index (χ2v) is 10.00. The lowest BCUT2D eigenvalue weighted by molar-refractivity contribution is 0.0356. The number of aryl methyl sites for hydroxylation is 2. The number of carbonyl (C=O) groups is 2. The Labute approximate surface area is 228 Å². The van der Waals surface area contributed by atoms with E-state index in [1.165, 1.54) is 4.90 Å². The summed E-state index contributed by atoms with van der Waals surface area (Å²) < 4.78 is 11.4. The first-order valence-corrected chi connectivity index (χ1v) is 12.9. The maximum atomic E-state index is 13.6. The molecular weight excluding hydrogens is 498 g/mol. The van der Waals surface area contributed by atoms with Crippen LogP contribution in [0, 0.1) is 19.8 Å². The minimum absolute atomic E-state index is 0.162. The zero-order valence-electron chi connectivity index (χ0n) is 22.9. The standard InChI is InChI=1S/C29H35N5O5/c1-18-15-34(19(2)17-35)28(36)24-13-23(12-11-22-9-7-6-8-10-22)14-30-27(24)38-25(18)16-33(5)29(37)31-26-20(3)32-39-21(26)4/h6-14,18-19,25,35H,15-17H2,1-5H3,(H,31,37)/b12-11+/t18-,19+,25+/m0/s1. The summed E-state index contributed by atoms with van der Waals surface area (Å²) in [7, 11) is 1.67. The molecule has 0 spiro atoms. The molecule has 0 unspecified atom stereocenters. The first kappa shape index (κ1) is 27.8. The summed E-state index contributed by atoms with van der Waals surface area (Å²) in [6.07, 6.45) is 5.02. The predicted octanol–water partition coefficient (Wildman–Crippen LogP) is 4.24. The molecule has 3 amide bonds. The predicted molar refractivity (Wildman–Crippen MR) is 148 cm³/mol. The number of pyridine rings is 1. The van der Waals surface area contributed by atoms with Gasteiger partial charge in [-0.25, -0.2) is 9.78 Å². The molecule has 0 saturated heterocycles. The van der Waals surface area contributed by atoms with Crippen molar-refractivity contribution < 1.29 is 24.0 Å². The summed E-state index contributed by atoms with van der Waals surface area (Å²) in [5.41, 5.74) is 3.20. The minimum atomic E-state index is -0.469. The number of aliphatic hydroxyl groups is 1. The second-order valence-electron chi connectivity index (χ2n) is 10.00. The van der Waals surface area contributed by atoms with Gasteiger partial charge in [0.2, 0.25) is 5.88 Å². The number of anilines is 1. The highest BCUT2D eigenvalue weighted by Crippen LogP contribution is 2.28. The molecule has 0 bridgehead atoms. The van der Waals surface area contributed by atoms with E-state index in [9.17, 15) is 14.7 Å². The van der Waals surface area contributed by atoms with E-state index in [2.05, 4.69) is 15.5 Å². The fourth-order valence-electron chi connectivity index (χ4n) is 4.40. The Balaban J connectivity index is 1.60. The number of benzene rings is 1. The minimum Gasteiger partial charge on any atom is -0.472 e. The highest BCUT2D eigenvalue weighted by Gasteiger charge is 2.34. The van der Waals surface area contributed by atoms with Crippen LogP contribution in [0.25, 0.3) is 12.2 Å². The highest BCUT2D eigenvalue weighted by molar-refractivity contribution is 5.97. The number of aromatic nitrogens is 2. The van der Waals surface area contributed by atoms with Crippen LogP contribution in [0.15, 0.2) is 47.1 Å². The Morgan fingerprint density at radius 2 is 1.97 bits per heavy atom. The number of nitrogens with one attached hydrogen (secondary N) is 1. The third-order valence-corrected chi connectivity index (χ3v) is 6.88. The number of ether oxygens (including phenoxy) is 1. The third-order valence-electron chi connectivity index (χ3n) is 6.88. The van der Waals surface area contributed by atoms with Gasteiger partial charge in [0.15, 0.2) is 5.76 Å². The van der Waals surface area contributed by atoms with Crippen LogP contribution >= 0.6 is 0 Å². The molecule has 3 aromatic rings. The van der Waals surface area contributed by atoms with Crippen LogP contribution in [0.5, 0.6) is 5.88 Å². The molecule has 4 rings (SSSR count). The third kappa shape index (κ3) is 6.46. The molecule has 2 N–H and O–H groups in total. The molecule has 3 heterocycles. The van der Waals surface area contributed by atoms with E-state index in [-0.39, 0.29) is 36.9 Å². The molecular formula is C29H35N5O5. The van der Waals surface area contributed by atoms with Crippen LogP contribution in [-0.2, 0) is 0 Å². The van der Waals surface area contributed by atoms with E-state index in [0.717, 1.165) is 11.1 Å².